The number of esters is 1. The SMILES string of the molecule is CCOC(=O)c1c(S(=O)(=O)Cl)c(C(C)C)n(C)c1CC. The normalized spacial score (nSPS) is 11.9. The highest BCUT2D eigenvalue weighted by atomic mass is 35.7. The number of hydrogen-bond donors (Lipinski definition) is 0. The topological polar surface area (TPSA) is 65.4 Å². The van der Waals surface area contributed by atoms with Crippen LogP contribution in [0.25, 0.3) is 0 Å². The van der Waals surface area contributed by atoms with Crippen molar-refractivity contribution in [1.29, 1.82) is 0 Å². The molecule has 0 aromatic carbocycles. The quantitative estimate of drug-likeness (QED) is 0.618. The summed E-state index contributed by atoms with van der Waals surface area (Å²) in [4.78, 5) is 12.0. The summed E-state index contributed by atoms with van der Waals surface area (Å²) in [6, 6.07) is 0. The Bertz CT molecular complexity index is 617. The highest BCUT2D eigenvalue weighted by Crippen LogP contribution is 2.34. The molecule has 0 unspecified atom stereocenters. The van der Waals surface area contributed by atoms with Crippen LogP contribution in [0.4, 0.5) is 0 Å². The van der Waals surface area contributed by atoms with Crippen molar-refractivity contribution in [3.63, 3.8) is 0 Å². The molecule has 0 spiro atoms. The summed E-state index contributed by atoms with van der Waals surface area (Å²) >= 11 is 0. The largest absolute Gasteiger partial charge is 0.462 e. The first-order valence-corrected chi connectivity index (χ1v) is 8.80. The maximum Gasteiger partial charge on any atom is 0.341 e. The number of hydrogen-bond acceptors (Lipinski definition) is 4. The molecular formula is C13H20ClNO4S. The van der Waals surface area contributed by atoms with E-state index in [0.29, 0.717) is 17.8 Å². The third-order valence-electron chi connectivity index (χ3n) is 3.12. The van der Waals surface area contributed by atoms with Crippen molar-refractivity contribution in [2.24, 2.45) is 7.05 Å². The molecule has 1 rings (SSSR count). The minimum Gasteiger partial charge on any atom is -0.462 e. The van der Waals surface area contributed by atoms with Crippen LogP contribution >= 0.6 is 10.7 Å². The molecule has 0 radical (unpaired) electrons. The minimum absolute atomic E-state index is 0.0653. The van der Waals surface area contributed by atoms with Gasteiger partial charge in [0.15, 0.2) is 0 Å². The zero-order valence-electron chi connectivity index (χ0n) is 12.4. The zero-order chi connectivity index (χ0) is 15.7. The first kappa shape index (κ1) is 17.0. The molecule has 0 fully saturated rings. The average Bonchev–Trinajstić information content (AvgIpc) is 2.62. The van der Waals surface area contributed by atoms with E-state index in [4.69, 9.17) is 15.4 Å². The smallest absolute Gasteiger partial charge is 0.341 e. The van der Waals surface area contributed by atoms with Gasteiger partial charge in [0, 0.05) is 29.1 Å². The second-order valence-electron chi connectivity index (χ2n) is 4.76. The van der Waals surface area contributed by atoms with Gasteiger partial charge in [0.2, 0.25) is 0 Å². The Labute approximate surface area is 124 Å². The molecule has 0 saturated carbocycles. The van der Waals surface area contributed by atoms with Crippen molar-refractivity contribution in [2.45, 2.75) is 44.9 Å². The lowest BCUT2D eigenvalue weighted by atomic mass is 10.1. The summed E-state index contributed by atoms with van der Waals surface area (Å²) in [6.07, 6.45) is 0.511. The Balaban J connectivity index is 3.79. The monoisotopic (exact) mass is 321 g/mol. The number of nitrogens with zero attached hydrogens (tertiary/aromatic N) is 1. The Morgan fingerprint density at radius 1 is 1.35 bits per heavy atom. The molecule has 0 N–H and O–H groups in total. The molecule has 0 atom stereocenters. The van der Waals surface area contributed by atoms with E-state index in [1.165, 1.54) is 0 Å². The van der Waals surface area contributed by atoms with Crippen molar-refractivity contribution in [2.75, 3.05) is 6.61 Å². The van der Waals surface area contributed by atoms with Gasteiger partial charge in [0.05, 0.1) is 6.61 Å². The fourth-order valence-corrected chi connectivity index (χ4v) is 3.98. The average molecular weight is 322 g/mol. The Kier molecular flexibility index (Phi) is 5.27. The fourth-order valence-electron chi connectivity index (χ4n) is 2.45. The summed E-state index contributed by atoms with van der Waals surface area (Å²) in [6.45, 7) is 7.41. The number of halogens is 1. The van der Waals surface area contributed by atoms with Crippen LogP contribution in [0.15, 0.2) is 4.90 Å². The van der Waals surface area contributed by atoms with E-state index in [0.717, 1.165) is 0 Å². The maximum absolute atomic E-state index is 12.1. The molecule has 0 saturated heterocycles. The van der Waals surface area contributed by atoms with Crippen LogP contribution in [0.5, 0.6) is 0 Å². The van der Waals surface area contributed by atoms with Gasteiger partial charge in [-0.05, 0) is 19.3 Å². The molecule has 0 bridgehead atoms. The van der Waals surface area contributed by atoms with Crippen molar-refractivity contribution in [3.05, 3.63) is 17.0 Å². The number of rotatable bonds is 5. The van der Waals surface area contributed by atoms with Crippen LogP contribution < -0.4 is 0 Å². The third kappa shape index (κ3) is 3.01. The Morgan fingerprint density at radius 2 is 1.90 bits per heavy atom. The van der Waals surface area contributed by atoms with E-state index in [9.17, 15) is 13.2 Å². The molecule has 0 aliphatic carbocycles. The molecule has 7 heteroatoms. The standard InChI is InChI=1S/C13H20ClNO4S/c1-6-9-10(13(16)19-7-2)12(20(14,17)18)11(8(3)4)15(9)5/h8H,6-7H2,1-5H3. The van der Waals surface area contributed by atoms with Crippen LogP contribution in [0.1, 0.15) is 55.4 Å². The van der Waals surface area contributed by atoms with Gasteiger partial charge in [0.25, 0.3) is 9.05 Å². The van der Waals surface area contributed by atoms with Crippen molar-refractivity contribution in [3.8, 4) is 0 Å². The molecule has 20 heavy (non-hydrogen) atoms. The molecule has 0 aliphatic heterocycles. The number of ether oxygens (including phenoxy) is 1. The van der Waals surface area contributed by atoms with E-state index in [2.05, 4.69) is 0 Å². The van der Waals surface area contributed by atoms with Crippen LogP contribution in [0.3, 0.4) is 0 Å². The molecular weight excluding hydrogens is 302 g/mol. The number of aromatic nitrogens is 1. The maximum atomic E-state index is 12.1. The van der Waals surface area contributed by atoms with Gasteiger partial charge in [-0.25, -0.2) is 13.2 Å². The van der Waals surface area contributed by atoms with Gasteiger partial charge in [-0.15, -0.1) is 0 Å². The molecule has 1 aromatic rings. The molecule has 0 aliphatic rings. The predicted molar refractivity (Wildman–Crippen MR) is 77.9 cm³/mol. The highest BCUT2D eigenvalue weighted by Gasteiger charge is 2.33. The van der Waals surface area contributed by atoms with E-state index in [1.54, 1.807) is 18.5 Å². The lowest BCUT2D eigenvalue weighted by molar-refractivity contribution is 0.0520. The number of carbonyl (C=O) groups is 1. The molecule has 1 aromatic heterocycles. The van der Waals surface area contributed by atoms with Gasteiger partial charge in [0.1, 0.15) is 10.5 Å². The number of carbonyl (C=O) groups excluding carboxylic acids is 1. The van der Waals surface area contributed by atoms with Crippen molar-refractivity contribution in [1.82, 2.24) is 4.57 Å². The van der Waals surface area contributed by atoms with Gasteiger partial charge < -0.3 is 9.30 Å². The van der Waals surface area contributed by atoms with Crippen molar-refractivity contribution >= 4 is 25.7 Å². The fraction of sp³-hybridized carbons (Fsp3) is 0.615. The summed E-state index contributed by atoms with van der Waals surface area (Å²) < 4.78 is 30.5. The van der Waals surface area contributed by atoms with Gasteiger partial charge >= 0.3 is 5.97 Å². The Morgan fingerprint density at radius 3 is 2.25 bits per heavy atom. The zero-order valence-corrected chi connectivity index (χ0v) is 13.9. The van der Waals surface area contributed by atoms with E-state index in [1.807, 2.05) is 20.8 Å². The lowest BCUT2D eigenvalue weighted by Gasteiger charge is -2.10. The van der Waals surface area contributed by atoms with Crippen LogP contribution in [0.2, 0.25) is 0 Å². The van der Waals surface area contributed by atoms with Crippen LogP contribution in [-0.2, 0) is 27.3 Å². The second kappa shape index (κ2) is 6.18. The molecule has 114 valence electrons. The van der Waals surface area contributed by atoms with E-state index in [-0.39, 0.29) is 23.0 Å². The minimum atomic E-state index is -4.03. The first-order valence-electron chi connectivity index (χ1n) is 6.49. The van der Waals surface area contributed by atoms with E-state index < -0.39 is 15.0 Å². The molecule has 5 nitrogen and oxygen atoms in total. The summed E-state index contributed by atoms with van der Waals surface area (Å²) in [5.74, 6) is -0.733. The summed E-state index contributed by atoms with van der Waals surface area (Å²) in [5, 5.41) is 0. The second-order valence-corrected chi connectivity index (χ2v) is 7.26. The highest BCUT2D eigenvalue weighted by molar-refractivity contribution is 8.13. The first-order chi connectivity index (χ1) is 9.16. The molecule has 1 heterocycles. The predicted octanol–water partition coefficient (Wildman–Crippen LogP) is 2.82. The van der Waals surface area contributed by atoms with Gasteiger partial charge in [-0.3, -0.25) is 0 Å². The summed E-state index contributed by atoms with van der Waals surface area (Å²) in [7, 11) is 3.26. The Hall–Kier alpha value is -1.01. The van der Waals surface area contributed by atoms with Crippen LogP contribution in [0, 0.1) is 0 Å². The lowest BCUT2D eigenvalue weighted by Crippen LogP contribution is -2.11. The van der Waals surface area contributed by atoms with Gasteiger partial charge in [-0.2, -0.15) is 0 Å². The van der Waals surface area contributed by atoms with Gasteiger partial charge in [-0.1, -0.05) is 20.8 Å². The third-order valence-corrected chi connectivity index (χ3v) is 4.48. The van der Waals surface area contributed by atoms with Crippen molar-refractivity contribution < 1.29 is 17.9 Å². The van der Waals surface area contributed by atoms with Crippen LogP contribution in [-0.4, -0.2) is 25.6 Å². The molecule has 0 amide bonds. The summed E-state index contributed by atoms with van der Waals surface area (Å²) in [5.41, 5.74) is 1.21. The van der Waals surface area contributed by atoms with E-state index >= 15 is 0 Å².